The van der Waals surface area contributed by atoms with Gasteiger partial charge in [0.25, 0.3) is 5.91 Å². The number of morpholine rings is 1. The molecule has 4 rings (SSSR count). The van der Waals surface area contributed by atoms with Crippen LogP contribution in [-0.2, 0) is 10.9 Å². The average Bonchev–Trinajstić information content (AvgIpc) is 3.16. The van der Waals surface area contributed by atoms with E-state index in [9.17, 15) is 22.4 Å². The number of anilines is 2. The van der Waals surface area contributed by atoms with Crippen LogP contribution in [0.25, 0.3) is 5.69 Å². The number of hydrogen-bond acceptors (Lipinski definition) is 4. The summed E-state index contributed by atoms with van der Waals surface area (Å²) < 4.78 is 61.1. The van der Waals surface area contributed by atoms with Gasteiger partial charge in [-0.05, 0) is 49.4 Å². The summed E-state index contributed by atoms with van der Waals surface area (Å²) in [7, 11) is 0. The average molecular weight is 448 g/mol. The van der Waals surface area contributed by atoms with Crippen molar-refractivity contribution in [1.82, 2.24) is 9.78 Å². The number of carbonyl (C=O) groups excluding carboxylic acids is 1. The predicted molar refractivity (Wildman–Crippen MR) is 111 cm³/mol. The first kappa shape index (κ1) is 21.8. The van der Waals surface area contributed by atoms with E-state index in [1.54, 1.807) is 17.9 Å². The van der Waals surface area contributed by atoms with Crippen LogP contribution in [0.15, 0.2) is 48.7 Å². The highest BCUT2D eigenvalue weighted by molar-refractivity contribution is 6.05. The van der Waals surface area contributed by atoms with Crippen molar-refractivity contribution in [3.63, 3.8) is 0 Å². The van der Waals surface area contributed by atoms with E-state index >= 15 is 0 Å². The van der Waals surface area contributed by atoms with Crippen molar-refractivity contribution in [3.05, 3.63) is 71.3 Å². The lowest BCUT2D eigenvalue weighted by molar-refractivity contribution is -0.136. The largest absolute Gasteiger partial charge is 0.418 e. The highest BCUT2D eigenvalue weighted by Gasteiger charge is 2.35. The summed E-state index contributed by atoms with van der Waals surface area (Å²) in [6.07, 6.45) is -3.39. The van der Waals surface area contributed by atoms with Gasteiger partial charge in [-0.15, -0.1) is 0 Å². The summed E-state index contributed by atoms with van der Waals surface area (Å²) >= 11 is 0. The van der Waals surface area contributed by atoms with Gasteiger partial charge in [0, 0.05) is 18.8 Å². The van der Waals surface area contributed by atoms with Crippen molar-refractivity contribution < 1.29 is 27.1 Å². The minimum absolute atomic E-state index is 0.111. The molecule has 3 aromatic rings. The van der Waals surface area contributed by atoms with Crippen LogP contribution in [0.3, 0.4) is 0 Å². The van der Waals surface area contributed by atoms with Crippen molar-refractivity contribution in [2.75, 3.05) is 36.5 Å². The van der Waals surface area contributed by atoms with Crippen molar-refractivity contribution in [3.8, 4) is 5.69 Å². The molecular formula is C22H20F4N4O2. The van der Waals surface area contributed by atoms with E-state index in [-0.39, 0.29) is 11.3 Å². The van der Waals surface area contributed by atoms with Crippen LogP contribution in [0.4, 0.5) is 28.9 Å². The molecule has 1 aliphatic rings. The summed E-state index contributed by atoms with van der Waals surface area (Å²) in [6, 6.07) is 9.32. The summed E-state index contributed by atoms with van der Waals surface area (Å²) in [4.78, 5) is 14.6. The van der Waals surface area contributed by atoms with Crippen LogP contribution in [0.1, 0.15) is 21.6 Å². The second-order valence-electron chi connectivity index (χ2n) is 7.31. The Morgan fingerprint density at radius 3 is 2.38 bits per heavy atom. The monoisotopic (exact) mass is 448 g/mol. The number of amides is 1. The van der Waals surface area contributed by atoms with E-state index in [4.69, 9.17) is 4.74 Å². The van der Waals surface area contributed by atoms with Gasteiger partial charge in [0.2, 0.25) is 0 Å². The highest BCUT2D eigenvalue weighted by atomic mass is 19.4. The van der Waals surface area contributed by atoms with Crippen LogP contribution >= 0.6 is 0 Å². The first-order valence-corrected chi connectivity index (χ1v) is 9.90. The molecule has 0 spiro atoms. The zero-order chi connectivity index (χ0) is 22.9. The summed E-state index contributed by atoms with van der Waals surface area (Å²) in [5.74, 6) is -1.14. The number of rotatable bonds is 4. The van der Waals surface area contributed by atoms with Gasteiger partial charge in [-0.3, -0.25) is 4.79 Å². The molecule has 0 radical (unpaired) electrons. The Bertz CT molecular complexity index is 1120. The minimum Gasteiger partial charge on any atom is -0.378 e. The van der Waals surface area contributed by atoms with Gasteiger partial charge in [-0.25, -0.2) is 9.07 Å². The Balaban J connectivity index is 1.61. The van der Waals surface area contributed by atoms with Crippen LogP contribution < -0.4 is 10.2 Å². The zero-order valence-corrected chi connectivity index (χ0v) is 17.1. The quantitative estimate of drug-likeness (QED) is 0.600. The fourth-order valence-corrected chi connectivity index (χ4v) is 3.56. The molecule has 168 valence electrons. The Kier molecular flexibility index (Phi) is 5.88. The van der Waals surface area contributed by atoms with Gasteiger partial charge in [0.1, 0.15) is 5.82 Å². The van der Waals surface area contributed by atoms with Gasteiger partial charge in [0.05, 0.1) is 47.6 Å². The summed E-state index contributed by atoms with van der Waals surface area (Å²) in [5.41, 5.74) is 0.187. The molecule has 0 unspecified atom stereocenters. The third kappa shape index (κ3) is 4.45. The van der Waals surface area contributed by atoms with E-state index in [1.807, 2.05) is 0 Å². The van der Waals surface area contributed by atoms with Crippen LogP contribution in [0, 0.1) is 12.7 Å². The van der Waals surface area contributed by atoms with Crippen molar-refractivity contribution in [2.24, 2.45) is 0 Å². The fraction of sp³-hybridized carbons (Fsp3) is 0.273. The zero-order valence-electron chi connectivity index (χ0n) is 17.1. The molecule has 0 saturated carbocycles. The number of halogens is 4. The lowest BCUT2D eigenvalue weighted by Crippen LogP contribution is -2.36. The molecule has 1 fully saturated rings. The van der Waals surface area contributed by atoms with Crippen molar-refractivity contribution >= 4 is 17.3 Å². The maximum Gasteiger partial charge on any atom is 0.418 e. The number of carbonyl (C=O) groups is 1. The highest BCUT2D eigenvalue weighted by Crippen LogP contribution is 2.37. The van der Waals surface area contributed by atoms with Gasteiger partial charge < -0.3 is 15.0 Å². The molecule has 32 heavy (non-hydrogen) atoms. The molecule has 0 atom stereocenters. The Morgan fingerprint density at radius 1 is 1.06 bits per heavy atom. The first-order chi connectivity index (χ1) is 15.2. The molecule has 0 aliphatic carbocycles. The number of nitrogens with one attached hydrogen (secondary N) is 1. The third-order valence-electron chi connectivity index (χ3n) is 5.26. The van der Waals surface area contributed by atoms with Crippen LogP contribution in [0.2, 0.25) is 0 Å². The Hall–Kier alpha value is -3.40. The molecule has 6 nitrogen and oxygen atoms in total. The normalized spacial score (nSPS) is 14.5. The topological polar surface area (TPSA) is 59.4 Å². The maximum absolute atomic E-state index is 13.7. The maximum atomic E-state index is 13.7. The van der Waals surface area contributed by atoms with E-state index in [0.29, 0.717) is 43.4 Å². The molecule has 1 saturated heterocycles. The molecule has 2 aromatic carbocycles. The molecule has 10 heteroatoms. The van der Waals surface area contributed by atoms with Gasteiger partial charge in [-0.2, -0.15) is 18.3 Å². The standard InChI is InChI=1S/C22H20F4N4O2/c1-14-18(13-27-30(14)16-4-2-15(23)3-5-16)21(31)28-20-7-6-17(12-19(20)22(24,25)26)29-8-10-32-11-9-29/h2-7,12-13H,8-11H2,1H3,(H,28,31). The van der Waals surface area contributed by atoms with Gasteiger partial charge >= 0.3 is 6.18 Å². The molecule has 0 bridgehead atoms. The predicted octanol–water partition coefficient (Wildman–Crippen LogP) is 4.43. The molecule has 1 amide bonds. The van der Waals surface area contributed by atoms with Crippen LogP contribution in [0.5, 0.6) is 0 Å². The van der Waals surface area contributed by atoms with Crippen LogP contribution in [-0.4, -0.2) is 42.0 Å². The molecule has 1 N–H and O–H groups in total. The second kappa shape index (κ2) is 8.62. The lowest BCUT2D eigenvalue weighted by atomic mass is 10.1. The summed E-state index contributed by atoms with van der Waals surface area (Å²) in [5, 5.41) is 6.48. The van der Waals surface area contributed by atoms with E-state index in [2.05, 4.69) is 10.4 Å². The Labute approximate surface area is 181 Å². The molecule has 1 aromatic heterocycles. The molecular weight excluding hydrogens is 428 g/mol. The van der Waals surface area contributed by atoms with Gasteiger partial charge in [0.15, 0.2) is 0 Å². The van der Waals surface area contributed by atoms with E-state index in [0.717, 1.165) is 6.07 Å². The third-order valence-corrected chi connectivity index (χ3v) is 5.26. The number of benzene rings is 2. The van der Waals surface area contributed by atoms with Gasteiger partial charge in [-0.1, -0.05) is 0 Å². The number of alkyl halides is 3. The Morgan fingerprint density at radius 2 is 1.72 bits per heavy atom. The number of hydrogen-bond donors (Lipinski definition) is 1. The van der Waals surface area contributed by atoms with Crippen molar-refractivity contribution in [1.29, 1.82) is 0 Å². The SMILES string of the molecule is Cc1c(C(=O)Nc2ccc(N3CCOCC3)cc2C(F)(F)F)cnn1-c1ccc(F)cc1. The number of ether oxygens (including phenoxy) is 1. The van der Waals surface area contributed by atoms with E-state index < -0.39 is 23.5 Å². The first-order valence-electron chi connectivity index (χ1n) is 9.90. The molecule has 2 heterocycles. The van der Waals surface area contributed by atoms with Crippen molar-refractivity contribution in [2.45, 2.75) is 13.1 Å². The summed E-state index contributed by atoms with van der Waals surface area (Å²) in [6.45, 7) is 3.47. The minimum atomic E-state index is -4.65. The molecule has 1 aliphatic heterocycles. The smallest absolute Gasteiger partial charge is 0.378 e. The van der Waals surface area contributed by atoms with E-state index in [1.165, 1.54) is 41.2 Å². The second-order valence-corrected chi connectivity index (χ2v) is 7.31. The number of nitrogens with zero attached hydrogens (tertiary/aromatic N) is 3. The number of aromatic nitrogens is 2. The fourth-order valence-electron chi connectivity index (χ4n) is 3.56. The lowest BCUT2D eigenvalue weighted by Gasteiger charge is -2.29.